The molecule has 1 heterocycles. The van der Waals surface area contributed by atoms with Crippen LogP contribution in [-0.2, 0) is 24.4 Å². The molecule has 32 heavy (non-hydrogen) atoms. The number of hydrogen-bond acceptors (Lipinski definition) is 8. The summed E-state index contributed by atoms with van der Waals surface area (Å²) in [7, 11) is -6.17. The summed E-state index contributed by atoms with van der Waals surface area (Å²) in [6, 6.07) is -0.782. The van der Waals surface area contributed by atoms with E-state index in [2.05, 4.69) is 4.18 Å². The molecule has 0 bridgehead atoms. The van der Waals surface area contributed by atoms with Crippen molar-refractivity contribution in [3.8, 4) is 5.75 Å². The van der Waals surface area contributed by atoms with Crippen molar-refractivity contribution in [1.29, 1.82) is 0 Å². The van der Waals surface area contributed by atoms with Crippen molar-refractivity contribution in [1.82, 2.24) is 4.57 Å². The first kappa shape index (κ1) is 25.7. The van der Waals surface area contributed by atoms with Gasteiger partial charge in [0.2, 0.25) is 0 Å². The van der Waals surface area contributed by atoms with Crippen LogP contribution in [0, 0.1) is 5.92 Å². The van der Waals surface area contributed by atoms with Crippen molar-refractivity contribution in [3.05, 3.63) is 28.2 Å². The van der Waals surface area contributed by atoms with Gasteiger partial charge in [0.25, 0.3) is 5.56 Å². The van der Waals surface area contributed by atoms with Crippen molar-refractivity contribution in [2.75, 3.05) is 6.61 Å². The van der Waals surface area contributed by atoms with E-state index >= 15 is 0 Å². The molecule has 0 radical (unpaired) electrons. The van der Waals surface area contributed by atoms with Gasteiger partial charge in [-0.3, -0.25) is 4.79 Å². The van der Waals surface area contributed by atoms with Crippen LogP contribution in [0.5, 0.6) is 5.75 Å². The molecule has 0 amide bonds. The van der Waals surface area contributed by atoms with E-state index in [1.165, 1.54) is 6.92 Å². The molecule has 0 aromatic carbocycles. The lowest BCUT2D eigenvalue weighted by Crippen LogP contribution is -2.36. The standard InChI is InChI=1S/C19H24F3NO8S/c1-5-29-16(25)12-10-23(13(8-11-6-7-11)17(26)30-18(2,3)4)15(24)9-14(12)31-32(27,28)19(20,21)22/h9-11,13H,5-8H2,1-4H3/t13-/m0/s1. The van der Waals surface area contributed by atoms with Gasteiger partial charge < -0.3 is 18.2 Å². The molecule has 0 unspecified atom stereocenters. The third-order valence-electron chi connectivity index (χ3n) is 4.29. The Labute approximate surface area is 182 Å². The Balaban J connectivity index is 2.59. The SMILES string of the molecule is CCOC(=O)c1cn([C@@H](CC2CC2)C(=O)OC(C)(C)C)c(=O)cc1OS(=O)(=O)C(F)(F)F. The lowest BCUT2D eigenvalue weighted by atomic mass is 10.1. The van der Waals surface area contributed by atoms with Crippen LogP contribution in [0.2, 0.25) is 0 Å². The number of pyridine rings is 1. The van der Waals surface area contributed by atoms with Gasteiger partial charge in [0.1, 0.15) is 17.2 Å². The van der Waals surface area contributed by atoms with Crippen LogP contribution in [0.25, 0.3) is 0 Å². The molecule has 1 aromatic heterocycles. The summed E-state index contributed by atoms with van der Waals surface area (Å²) in [5.74, 6) is -3.05. The normalized spacial score (nSPS) is 15.7. The molecule has 0 N–H and O–H groups in total. The maximum Gasteiger partial charge on any atom is 0.534 e. The van der Waals surface area contributed by atoms with Crippen molar-refractivity contribution in [3.63, 3.8) is 0 Å². The van der Waals surface area contributed by atoms with E-state index in [4.69, 9.17) is 9.47 Å². The molecule has 0 spiro atoms. The van der Waals surface area contributed by atoms with E-state index in [0.717, 1.165) is 23.6 Å². The van der Waals surface area contributed by atoms with Crippen LogP contribution in [-0.4, -0.2) is 42.6 Å². The van der Waals surface area contributed by atoms with Gasteiger partial charge in [0.15, 0.2) is 5.75 Å². The minimum absolute atomic E-state index is 0.118. The van der Waals surface area contributed by atoms with E-state index in [9.17, 15) is 36.0 Å². The third kappa shape index (κ3) is 6.47. The average Bonchev–Trinajstić information content (AvgIpc) is 3.41. The smallest absolute Gasteiger partial charge is 0.462 e. The summed E-state index contributed by atoms with van der Waals surface area (Å²) < 4.78 is 76.0. The van der Waals surface area contributed by atoms with Crippen molar-refractivity contribution in [2.24, 2.45) is 5.92 Å². The van der Waals surface area contributed by atoms with Crippen molar-refractivity contribution >= 4 is 22.1 Å². The molecule has 180 valence electrons. The zero-order valence-corrected chi connectivity index (χ0v) is 18.7. The maximum atomic E-state index is 12.8. The number of ether oxygens (including phenoxy) is 2. The Bertz CT molecular complexity index is 1040. The topological polar surface area (TPSA) is 118 Å². The molecule has 1 aliphatic carbocycles. The zero-order valence-electron chi connectivity index (χ0n) is 17.9. The highest BCUT2D eigenvalue weighted by atomic mass is 32.2. The van der Waals surface area contributed by atoms with Crippen LogP contribution >= 0.6 is 0 Å². The van der Waals surface area contributed by atoms with E-state index in [1.54, 1.807) is 20.8 Å². The molecule has 1 aliphatic rings. The molecule has 0 saturated heterocycles. The van der Waals surface area contributed by atoms with Gasteiger partial charge in [-0.25, -0.2) is 9.59 Å². The fraction of sp³-hybridized carbons (Fsp3) is 0.632. The first-order chi connectivity index (χ1) is 14.6. The summed E-state index contributed by atoms with van der Waals surface area (Å²) >= 11 is 0. The second-order valence-electron chi connectivity index (χ2n) is 8.23. The fourth-order valence-corrected chi connectivity index (χ4v) is 3.20. The van der Waals surface area contributed by atoms with Gasteiger partial charge >= 0.3 is 27.6 Å². The van der Waals surface area contributed by atoms with Crippen molar-refractivity contribution in [2.45, 2.75) is 64.1 Å². The van der Waals surface area contributed by atoms with Crippen molar-refractivity contribution < 1.29 is 44.8 Å². The lowest BCUT2D eigenvalue weighted by molar-refractivity contribution is -0.159. The predicted molar refractivity (Wildman–Crippen MR) is 104 cm³/mol. The molecule has 1 saturated carbocycles. The Morgan fingerprint density at radius 3 is 2.28 bits per heavy atom. The Hall–Kier alpha value is -2.57. The summed E-state index contributed by atoms with van der Waals surface area (Å²) in [5, 5.41) is 0. The molecule has 1 fully saturated rings. The highest BCUT2D eigenvalue weighted by Gasteiger charge is 2.49. The third-order valence-corrected chi connectivity index (χ3v) is 5.26. The summed E-state index contributed by atoms with van der Waals surface area (Å²) in [5.41, 5.74) is -8.50. The first-order valence-electron chi connectivity index (χ1n) is 9.72. The van der Waals surface area contributed by atoms with E-state index in [1.807, 2.05) is 0 Å². The number of alkyl halides is 3. The summed E-state index contributed by atoms with van der Waals surface area (Å²) in [6.45, 7) is 6.07. The second-order valence-corrected chi connectivity index (χ2v) is 9.77. The van der Waals surface area contributed by atoms with Gasteiger partial charge in [-0.2, -0.15) is 21.6 Å². The Morgan fingerprint density at radius 2 is 1.81 bits per heavy atom. The lowest BCUT2D eigenvalue weighted by Gasteiger charge is -2.25. The molecular formula is C19H24F3NO8S. The number of esters is 2. The van der Waals surface area contributed by atoms with Gasteiger partial charge in [-0.1, -0.05) is 12.8 Å². The molecule has 9 nitrogen and oxygen atoms in total. The minimum atomic E-state index is -6.17. The fourth-order valence-electron chi connectivity index (χ4n) is 2.73. The predicted octanol–water partition coefficient (Wildman–Crippen LogP) is 2.94. The van der Waals surface area contributed by atoms with Crippen LogP contribution in [0.15, 0.2) is 17.1 Å². The molecular weight excluding hydrogens is 459 g/mol. The zero-order chi connectivity index (χ0) is 24.5. The number of halogens is 3. The Morgan fingerprint density at radius 1 is 1.22 bits per heavy atom. The number of hydrogen-bond donors (Lipinski definition) is 0. The highest BCUT2D eigenvalue weighted by molar-refractivity contribution is 7.88. The number of rotatable bonds is 8. The largest absolute Gasteiger partial charge is 0.534 e. The molecule has 13 heteroatoms. The molecule has 1 atom stereocenters. The first-order valence-corrected chi connectivity index (χ1v) is 11.1. The van der Waals surface area contributed by atoms with Crippen LogP contribution in [0.4, 0.5) is 13.2 Å². The second kappa shape index (κ2) is 9.12. The Kier molecular flexibility index (Phi) is 7.32. The molecule has 2 rings (SSSR count). The number of nitrogens with zero attached hydrogens (tertiary/aromatic N) is 1. The quantitative estimate of drug-likeness (QED) is 0.315. The van der Waals surface area contributed by atoms with Crippen LogP contribution < -0.4 is 9.74 Å². The van der Waals surface area contributed by atoms with Gasteiger partial charge in [0.05, 0.1) is 6.61 Å². The monoisotopic (exact) mass is 483 g/mol. The maximum absolute atomic E-state index is 12.8. The van der Waals surface area contributed by atoms with Crippen LogP contribution in [0.1, 0.15) is 63.4 Å². The summed E-state index contributed by atoms with van der Waals surface area (Å²) in [4.78, 5) is 37.7. The van der Waals surface area contributed by atoms with E-state index in [0.29, 0.717) is 6.07 Å². The average molecular weight is 483 g/mol. The van der Waals surface area contributed by atoms with E-state index < -0.39 is 56.1 Å². The number of carbonyl (C=O) groups is 2. The highest BCUT2D eigenvalue weighted by Crippen LogP contribution is 2.38. The van der Waals surface area contributed by atoms with E-state index in [-0.39, 0.29) is 18.9 Å². The van der Waals surface area contributed by atoms with Crippen LogP contribution in [0.3, 0.4) is 0 Å². The van der Waals surface area contributed by atoms with Gasteiger partial charge in [0, 0.05) is 12.3 Å². The van der Waals surface area contributed by atoms with Gasteiger partial charge in [-0.15, -0.1) is 0 Å². The molecule has 0 aliphatic heterocycles. The van der Waals surface area contributed by atoms with Gasteiger partial charge in [-0.05, 0) is 40.0 Å². The summed E-state index contributed by atoms with van der Waals surface area (Å²) in [6.07, 6.45) is 2.57. The molecule has 1 aromatic rings. The number of aromatic nitrogens is 1. The number of carbonyl (C=O) groups excluding carboxylic acids is 2. The minimum Gasteiger partial charge on any atom is -0.462 e.